The van der Waals surface area contributed by atoms with Crippen LogP contribution in [0.3, 0.4) is 0 Å². The summed E-state index contributed by atoms with van der Waals surface area (Å²) in [4.78, 5) is 0. The second kappa shape index (κ2) is 6.63. The molecule has 3 nitrogen and oxygen atoms in total. The molecule has 3 rings (SSSR count). The van der Waals surface area contributed by atoms with E-state index in [2.05, 4.69) is 24.4 Å². The van der Waals surface area contributed by atoms with E-state index >= 15 is 0 Å². The molecule has 2 unspecified atom stereocenters. The molecule has 3 heteroatoms. The van der Waals surface area contributed by atoms with Gasteiger partial charge in [-0.05, 0) is 31.9 Å². The van der Waals surface area contributed by atoms with Gasteiger partial charge in [-0.2, -0.15) is 0 Å². The van der Waals surface area contributed by atoms with Crippen LogP contribution in [0.2, 0.25) is 0 Å². The minimum Gasteiger partial charge on any atom is -0.459 e. The molecule has 0 spiro atoms. The summed E-state index contributed by atoms with van der Waals surface area (Å²) in [5.74, 6) is 1.67. The van der Waals surface area contributed by atoms with E-state index in [0.717, 1.165) is 17.9 Å². The fourth-order valence-electron chi connectivity index (χ4n) is 3.33. The molecule has 1 N–H and O–H groups in total. The van der Waals surface area contributed by atoms with E-state index in [9.17, 15) is 0 Å². The van der Waals surface area contributed by atoms with E-state index in [0.29, 0.717) is 18.6 Å². The summed E-state index contributed by atoms with van der Waals surface area (Å²) in [6.07, 6.45) is 5.53. The molecule has 0 amide bonds. The Morgan fingerprint density at radius 1 is 1.24 bits per heavy atom. The van der Waals surface area contributed by atoms with Gasteiger partial charge in [0.05, 0.1) is 19.3 Å². The second-order valence-corrected chi connectivity index (χ2v) is 6.14. The van der Waals surface area contributed by atoms with E-state index in [-0.39, 0.29) is 0 Å². The monoisotopic (exact) mass is 287 g/mol. The summed E-state index contributed by atoms with van der Waals surface area (Å²) < 4.78 is 12.2. The van der Waals surface area contributed by atoms with Crippen LogP contribution >= 0.6 is 0 Å². The molecule has 114 valence electrons. The molecule has 2 atom stereocenters. The quantitative estimate of drug-likeness (QED) is 0.893. The number of furan rings is 1. The van der Waals surface area contributed by atoms with E-state index in [1.54, 1.807) is 0 Å². The Balaban J connectivity index is 1.79. The van der Waals surface area contributed by atoms with Crippen molar-refractivity contribution in [3.8, 4) is 0 Å². The highest BCUT2D eigenvalue weighted by Gasteiger charge is 2.23. The fraction of sp³-hybridized carbons (Fsp3) is 0.556. The number of hydrogen-bond donors (Lipinski definition) is 1. The first-order valence-electron chi connectivity index (χ1n) is 8.05. The third kappa shape index (κ3) is 3.14. The van der Waals surface area contributed by atoms with Gasteiger partial charge in [0, 0.05) is 10.9 Å². The Hall–Kier alpha value is -1.32. The van der Waals surface area contributed by atoms with Crippen molar-refractivity contribution in [2.75, 3.05) is 7.05 Å². The van der Waals surface area contributed by atoms with Crippen molar-refractivity contribution in [2.45, 2.75) is 51.9 Å². The largest absolute Gasteiger partial charge is 0.459 e. The molecule has 0 bridgehead atoms. The van der Waals surface area contributed by atoms with Crippen molar-refractivity contribution in [3.63, 3.8) is 0 Å². The van der Waals surface area contributed by atoms with E-state index in [4.69, 9.17) is 9.15 Å². The number of hydrogen-bond acceptors (Lipinski definition) is 3. The predicted molar refractivity (Wildman–Crippen MR) is 85.2 cm³/mol. The average molecular weight is 287 g/mol. The Kier molecular flexibility index (Phi) is 4.61. The normalized spacial score (nSPS) is 22.8. The van der Waals surface area contributed by atoms with Gasteiger partial charge in [-0.3, -0.25) is 0 Å². The van der Waals surface area contributed by atoms with Crippen molar-refractivity contribution in [1.82, 2.24) is 5.32 Å². The van der Waals surface area contributed by atoms with Crippen LogP contribution in [0.5, 0.6) is 0 Å². The molecule has 0 saturated heterocycles. The summed E-state index contributed by atoms with van der Waals surface area (Å²) in [5.41, 5.74) is 2.16. The van der Waals surface area contributed by atoms with E-state index < -0.39 is 0 Å². The first-order valence-corrected chi connectivity index (χ1v) is 8.05. The lowest BCUT2D eigenvalue weighted by Crippen LogP contribution is -2.25. The highest BCUT2D eigenvalue weighted by Crippen LogP contribution is 2.30. The molecule has 1 fully saturated rings. The predicted octanol–water partition coefficient (Wildman–Crippen LogP) is 4.25. The molecule has 1 aromatic carbocycles. The molecular weight excluding hydrogens is 262 g/mol. The minimum atomic E-state index is 0.398. The molecule has 1 heterocycles. The Labute approximate surface area is 126 Å². The first-order chi connectivity index (χ1) is 10.3. The maximum Gasteiger partial charge on any atom is 0.134 e. The minimum absolute atomic E-state index is 0.398. The van der Waals surface area contributed by atoms with Crippen molar-refractivity contribution in [2.24, 2.45) is 5.92 Å². The molecule has 2 aromatic rings. The fourth-order valence-corrected chi connectivity index (χ4v) is 3.33. The number of ether oxygens (including phenoxy) is 1. The first kappa shape index (κ1) is 14.6. The molecular formula is C18H25NO2. The smallest absolute Gasteiger partial charge is 0.134 e. The van der Waals surface area contributed by atoms with Gasteiger partial charge >= 0.3 is 0 Å². The van der Waals surface area contributed by atoms with Crippen molar-refractivity contribution in [3.05, 3.63) is 35.6 Å². The number of para-hydroxylation sites is 1. The van der Waals surface area contributed by atoms with Crippen molar-refractivity contribution < 1.29 is 9.15 Å². The van der Waals surface area contributed by atoms with Gasteiger partial charge in [0.1, 0.15) is 11.3 Å². The van der Waals surface area contributed by atoms with Gasteiger partial charge in [-0.25, -0.2) is 0 Å². The summed E-state index contributed by atoms with van der Waals surface area (Å²) in [7, 11) is 1.95. The van der Waals surface area contributed by atoms with Gasteiger partial charge in [0.2, 0.25) is 0 Å². The van der Waals surface area contributed by atoms with Crippen LogP contribution in [-0.4, -0.2) is 13.2 Å². The van der Waals surface area contributed by atoms with E-state index in [1.165, 1.54) is 36.6 Å². The van der Waals surface area contributed by atoms with Gasteiger partial charge in [-0.1, -0.05) is 38.0 Å². The summed E-state index contributed by atoms with van der Waals surface area (Å²) in [5, 5.41) is 4.37. The van der Waals surface area contributed by atoms with E-state index in [1.807, 2.05) is 19.2 Å². The Morgan fingerprint density at radius 3 is 2.86 bits per heavy atom. The lowest BCUT2D eigenvalue weighted by atomic mass is 9.88. The zero-order valence-electron chi connectivity index (χ0n) is 13.0. The van der Waals surface area contributed by atoms with Crippen LogP contribution in [0.1, 0.15) is 43.9 Å². The maximum atomic E-state index is 6.25. The zero-order chi connectivity index (χ0) is 14.7. The number of fused-ring (bicyclic) bond motifs is 1. The lowest BCUT2D eigenvalue weighted by molar-refractivity contribution is -0.0155. The van der Waals surface area contributed by atoms with Crippen LogP contribution in [0.4, 0.5) is 0 Å². The van der Waals surface area contributed by atoms with Crippen LogP contribution in [0, 0.1) is 5.92 Å². The molecule has 0 aliphatic heterocycles. The molecule has 0 radical (unpaired) electrons. The average Bonchev–Trinajstić information content (AvgIpc) is 2.84. The van der Waals surface area contributed by atoms with Crippen LogP contribution < -0.4 is 5.32 Å². The van der Waals surface area contributed by atoms with Gasteiger partial charge < -0.3 is 14.5 Å². The summed E-state index contributed by atoms with van der Waals surface area (Å²) >= 11 is 0. The SMILES string of the molecule is CNCc1oc2ccccc2c1COC1CCCCC1C. The van der Waals surface area contributed by atoms with Crippen LogP contribution in [-0.2, 0) is 17.9 Å². The lowest BCUT2D eigenvalue weighted by Gasteiger charge is -2.28. The Bertz CT molecular complexity index is 590. The summed E-state index contributed by atoms with van der Waals surface area (Å²) in [6, 6.07) is 8.23. The molecule has 1 aliphatic carbocycles. The highest BCUT2D eigenvalue weighted by molar-refractivity contribution is 5.82. The number of nitrogens with one attached hydrogen (secondary N) is 1. The molecule has 1 aromatic heterocycles. The summed E-state index contributed by atoms with van der Waals surface area (Å²) in [6.45, 7) is 3.71. The topological polar surface area (TPSA) is 34.4 Å². The molecule has 1 aliphatic rings. The number of rotatable bonds is 5. The molecule has 21 heavy (non-hydrogen) atoms. The van der Waals surface area contributed by atoms with Crippen LogP contribution in [0.25, 0.3) is 11.0 Å². The van der Waals surface area contributed by atoms with Gasteiger partial charge in [0.25, 0.3) is 0 Å². The Morgan fingerprint density at radius 2 is 2.05 bits per heavy atom. The third-order valence-corrected chi connectivity index (χ3v) is 4.59. The van der Waals surface area contributed by atoms with Gasteiger partial charge in [0.15, 0.2) is 0 Å². The van der Waals surface area contributed by atoms with Crippen LogP contribution in [0.15, 0.2) is 28.7 Å². The molecule has 1 saturated carbocycles. The standard InChI is InChI=1S/C18H25NO2/c1-13-7-3-5-9-16(13)20-12-15-14-8-4-6-10-17(14)21-18(15)11-19-2/h4,6,8,10,13,16,19H,3,5,7,9,11-12H2,1-2H3. The van der Waals surface area contributed by atoms with Crippen molar-refractivity contribution in [1.29, 1.82) is 0 Å². The van der Waals surface area contributed by atoms with Gasteiger partial charge in [-0.15, -0.1) is 0 Å². The van der Waals surface area contributed by atoms with Crippen molar-refractivity contribution >= 4 is 11.0 Å². The zero-order valence-corrected chi connectivity index (χ0v) is 13.0. The maximum absolute atomic E-state index is 6.25. The number of benzene rings is 1. The highest BCUT2D eigenvalue weighted by atomic mass is 16.5. The third-order valence-electron chi connectivity index (χ3n) is 4.59. The second-order valence-electron chi connectivity index (χ2n) is 6.14.